The SMILES string of the molecule is Cc1ccc(OCC(=O)N2CCC(NC(=O)c3ccc4nc(C)c(C)nc4c3)CC2)cc1C. The van der Waals surface area contributed by atoms with E-state index in [0.29, 0.717) is 37.2 Å². The van der Waals surface area contributed by atoms with Gasteiger partial charge in [0.1, 0.15) is 5.75 Å². The predicted octanol–water partition coefficient (Wildman–Crippen LogP) is 3.66. The van der Waals surface area contributed by atoms with Crippen LogP contribution in [0.5, 0.6) is 5.75 Å². The smallest absolute Gasteiger partial charge is 0.260 e. The van der Waals surface area contributed by atoms with E-state index in [1.54, 1.807) is 17.0 Å². The number of fused-ring (bicyclic) bond motifs is 1. The van der Waals surface area contributed by atoms with Crippen molar-refractivity contribution in [1.29, 1.82) is 0 Å². The maximum atomic E-state index is 12.8. The molecule has 0 saturated carbocycles. The molecule has 0 unspecified atom stereocenters. The standard InChI is InChI=1S/C26H30N4O3/c1-16-5-7-22(13-17(16)2)33-15-25(31)30-11-9-21(10-12-30)29-26(32)20-6-8-23-24(14-20)28-19(4)18(3)27-23/h5-8,13-14,21H,9-12,15H2,1-4H3,(H,29,32). The van der Waals surface area contributed by atoms with Gasteiger partial charge in [-0.2, -0.15) is 0 Å². The molecule has 0 atom stereocenters. The highest BCUT2D eigenvalue weighted by Crippen LogP contribution is 2.18. The molecule has 1 fully saturated rings. The van der Waals surface area contributed by atoms with Crippen LogP contribution >= 0.6 is 0 Å². The van der Waals surface area contributed by atoms with E-state index in [4.69, 9.17) is 4.74 Å². The minimum absolute atomic E-state index is 0.0243. The lowest BCUT2D eigenvalue weighted by Crippen LogP contribution is -2.47. The maximum Gasteiger partial charge on any atom is 0.260 e. The number of piperidine rings is 1. The van der Waals surface area contributed by atoms with E-state index >= 15 is 0 Å². The van der Waals surface area contributed by atoms with E-state index in [1.165, 1.54) is 5.56 Å². The van der Waals surface area contributed by atoms with Gasteiger partial charge in [-0.25, -0.2) is 9.97 Å². The van der Waals surface area contributed by atoms with Crippen LogP contribution in [0, 0.1) is 27.7 Å². The van der Waals surface area contributed by atoms with Gasteiger partial charge in [0.25, 0.3) is 11.8 Å². The Balaban J connectivity index is 1.28. The molecule has 2 heterocycles. The molecule has 4 rings (SSSR count). The van der Waals surface area contributed by atoms with Crippen molar-refractivity contribution in [2.75, 3.05) is 19.7 Å². The second-order valence-corrected chi connectivity index (χ2v) is 8.76. The quantitative estimate of drug-likeness (QED) is 0.647. The maximum absolute atomic E-state index is 12.8. The van der Waals surface area contributed by atoms with Crippen molar-refractivity contribution in [2.24, 2.45) is 0 Å². The number of nitrogens with zero attached hydrogens (tertiary/aromatic N) is 3. The summed E-state index contributed by atoms with van der Waals surface area (Å²) in [5.74, 6) is 0.551. The molecule has 3 aromatic rings. The number of rotatable bonds is 5. The number of aryl methyl sites for hydroxylation is 4. The summed E-state index contributed by atoms with van der Waals surface area (Å²) in [6.45, 7) is 9.13. The molecule has 1 aliphatic heterocycles. The van der Waals surface area contributed by atoms with Crippen LogP contribution in [0.1, 0.15) is 45.7 Å². The average molecular weight is 447 g/mol. The fourth-order valence-electron chi connectivity index (χ4n) is 3.95. The van der Waals surface area contributed by atoms with Crippen LogP contribution in [0.4, 0.5) is 0 Å². The second kappa shape index (κ2) is 9.57. The van der Waals surface area contributed by atoms with E-state index in [1.807, 2.05) is 52.0 Å². The summed E-state index contributed by atoms with van der Waals surface area (Å²) in [5.41, 5.74) is 6.15. The van der Waals surface area contributed by atoms with E-state index in [2.05, 4.69) is 15.3 Å². The molecule has 7 nitrogen and oxygen atoms in total. The summed E-state index contributed by atoms with van der Waals surface area (Å²) >= 11 is 0. The Morgan fingerprint density at radius 1 is 0.939 bits per heavy atom. The Morgan fingerprint density at radius 2 is 1.64 bits per heavy atom. The first-order valence-corrected chi connectivity index (χ1v) is 11.3. The number of hydrogen-bond acceptors (Lipinski definition) is 5. The zero-order valence-corrected chi connectivity index (χ0v) is 19.6. The molecule has 1 N–H and O–H groups in total. The Morgan fingerprint density at radius 3 is 2.33 bits per heavy atom. The summed E-state index contributed by atoms with van der Waals surface area (Å²) in [4.78, 5) is 36.2. The van der Waals surface area contributed by atoms with Gasteiger partial charge in [0.2, 0.25) is 0 Å². The van der Waals surface area contributed by atoms with Gasteiger partial charge in [0, 0.05) is 24.7 Å². The molecule has 1 aromatic heterocycles. The van der Waals surface area contributed by atoms with Gasteiger partial charge in [-0.1, -0.05) is 6.07 Å². The minimum Gasteiger partial charge on any atom is -0.484 e. The van der Waals surface area contributed by atoms with Gasteiger partial charge >= 0.3 is 0 Å². The first-order chi connectivity index (χ1) is 15.8. The lowest BCUT2D eigenvalue weighted by molar-refractivity contribution is -0.134. The molecule has 1 saturated heterocycles. The summed E-state index contributed by atoms with van der Waals surface area (Å²) in [6.07, 6.45) is 1.43. The third kappa shape index (κ3) is 5.30. The monoisotopic (exact) mass is 446 g/mol. The molecule has 2 aromatic carbocycles. The number of ether oxygens (including phenoxy) is 1. The largest absolute Gasteiger partial charge is 0.484 e. The van der Waals surface area contributed by atoms with Crippen LogP contribution in [0.25, 0.3) is 11.0 Å². The number of amides is 2. The predicted molar refractivity (Wildman–Crippen MR) is 127 cm³/mol. The first-order valence-electron chi connectivity index (χ1n) is 11.3. The third-order valence-electron chi connectivity index (χ3n) is 6.36. The van der Waals surface area contributed by atoms with Crippen LogP contribution in [0.2, 0.25) is 0 Å². The molecule has 33 heavy (non-hydrogen) atoms. The zero-order valence-electron chi connectivity index (χ0n) is 19.6. The number of aromatic nitrogens is 2. The van der Waals surface area contributed by atoms with Gasteiger partial charge < -0.3 is 15.0 Å². The highest BCUT2D eigenvalue weighted by atomic mass is 16.5. The fraction of sp³-hybridized carbons (Fsp3) is 0.385. The van der Waals surface area contributed by atoms with Crippen LogP contribution < -0.4 is 10.1 Å². The molecule has 1 aliphatic rings. The van der Waals surface area contributed by atoms with Crippen molar-refractivity contribution in [3.05, 3.63) is 64.5 Å². The average Bonchev–Trinajstić information content (AvgIpc) is 2.80. The molecule has 172 valence electrons. The molecule has 0 spiro atoms. The van der Waals surface area contributed by atoms with Crippen LogP contribution in [0.3, 0.4) is 0 Å². The Bertz CT molecular complexity index is 1200. The summed E-state index contributed by atoms with van der Waals surface area (Å²) in [6, 6.07) is 11.3. The van der Waals surface area contributed by atoms with E-state index in [-0.39, 0.29) is 24.5 Å². The Labute approximate surface area is 194 Å². The van der Waals surface area contributed by atoms with Crippen LogP contribution in [-0.2, 0) is 4.79 Å². The lowest BCUT2D eigenvalue weighted by atomic mass is 10.0. The van der Waals surface area contributed by atoms with Crippen LogP contribution in [0.15, 0.2) is 36.4 Å². The van der Waals surface area contributed by atoms with Gasteiger partial charge in [-0.15, -0.1) is 0 Å². The number of nitrogens with one attached hydrogen (secondary N) is 1. The highest BCUT2D eigenvalue weighted by molar-refractivity contribution is 5.97. The van der Waals surface area contributed by atoms with Crippen molar-refractivity contribution in [3.63, 3.8) is 0 Å². The van der Waals surface area contributed by atoms with E-state index in [9.17, 15) is 9.59 Å². The number of carbonyl (C=O) groups excluding carboxylic acids is 2. The van der Waals surface area contributed by atoms with Gasteiger partial charge in [-0.3, -0.25) is 9.59 Å². The first kappa shape index (κ1) is 22.7. The lowest BCUT2D eigenvalue weighted by Gasteiger charge is -2.32. The molecular formula is C26H30N4O3. The topological polar surface area (TPSA) is 84.4 Å². The fourth-order valence-corrected chi connectivity index (χ4v) is 3.95. The normalized spacial score (nSPS) is 14.4. The third-order valence-corrected chi connectivity index (χ3v) is 6.36. The number of benzene rings is 2. The molecule has 2 amide bonds. The van der Waals surface area contributed by atoms with E-state index < -0.39 is 0 Å². The second-order valence-electron chi connectivity index (χ2n) is 8.76. The van der Waals surface area contributed by atoms with Crippen molar-refractivity contribution in [2.45, 2.75) is 46.6 Å². The number of likely N-dealkylation sites (tertiary alicyclic amines) is 1. The van der Waals surface area contributed by atoms with Gasteiger partial charge in [-0.05, 0) is 82.0 Å². The summed E-state index contributed by atoms with van der Waals surface area (Å²) < 4.78 is 5.68. The minimum atomic E-state index is -0.125. The Kier molecular flexibility index (Phi) is 6.58. The van der Waals surface area contributed by atoms with Crippen molar-refractivity contribution < 1.29 is 14.3 Å². The molecule has 7 heteroatoms. The number of hydrogen-bond donors (Lipinski definition) is 1. The highest BCUT2D eigenvalue weighted by Gasteiger charge is 2.24. The van der Waals surface area contributed by atoms with Crippen molar-refractivity contribution in [1.82, 2.24) is 20.2 Å². The molecule has 0 bridgehead atoms. The van der Waals surface area contributed by atoms with Crippen molar-refractivity contribution >= 4 is 22.8 Å². The van der Waals surface area contributed by atoms with Crippen molar-refractivity contribution in [3.8, 4) is 5.75 Å². The summed E-state index contributed by atoms with van der Waals surface area (Å²) in [7, 11) is 0. The molecular weight excluding hydrogens is 416 g/mol. The van der Waals surface area contributed by atoms with Gasteiger partial charge in [0.05, 0.1) is 22.4 Å². The number of carbonyl (C=O) groups is 2. The van der Waals surface area contributed by atoms with Crippen LogP contribution in [-0.4, -0.2) is 52.4 Å². The Hall–Kier alpha value is -3.48. The zero-order chi connectivity index (χ0) is 23.5. The molecule has 0 radical (unpaired) electrons. The molecule has 0 aliphatic carbocycles. The van der Waals surface area contributed by atoms with E-state index in [0.717, 1.165) is 28.0 Å². The van der Waals surface area contributed by atoms with Gasteiger partial charge in [0.15, 0.2) is 6.61 Å². The summed E-state index contributed by atoms with van der Waals surface area (Å²) in [5, 5.41) is 3.10.